The second-order valence-electron chi connectivity index (χ2n) is 5.53. The van der Waals surface area contributed by atoms with Crippen LogP contribution in [-0.2, 0) is 9.53 Å². The molecule has 0 amide bonds. The zero-order valence-corrected chi connectivity index (χ0v) is 16.2. The lowest BCUT2D eigenvalue weighted by molar-refractivity contribution is -0.129. The SMILES string of the molecule is O=C1OC(c2ccccc2I)=N/C1=C/c1ccc(-c2cccc(Cl)c2)o1. The van der Waals surface area contributed by atoms with Crippen molar-refractivity contribution in [3.8, 4) is 11.3 Å². The van der Waals surface area contributed by atoms with E-state index in [0.29, 0.717) is 22.4 Å². The van der Waals surface area contributed by atoms with Gasteiger partial charge in [-0.25, -0.2) is 9.79 Å². The highest BCUT2D eigenvalue weighted by Crippen LogP contribution is 2.27. The average Bonchev–Trinajstić information content (AvgIpc) is 3.23. The highest BCUT2D eigenvalue weighted by molar-refractivity contribution is 14.1. The summed E-state index contributed by atoms with van der Waals surface area (Å²) in [6, 6.07) is 18.5. The lowest BCUT2D eigenvalue weighted by Gasteiger charge is -2.01. The van der Waals surface area contributed by atoms with E-state index in [9.17, 15) is 4.79 Å². The van der Waals surface area contributed by atoms with E-state index in [1.54, 1.807) is 18.2 Å². The predicted molar refractivity (Wildman–Crippen MR) is 109 cm³/mol. The molecule has 4 rings (SSSR count). The van der Waals surface area contributed by atoms with Crippen LogP contribution in [0.25, 0.3) is 17.4 Å². The molecule has 0 N–H and O–H groups in total. The summed E-state index contributed by atoms with van der Waals surface area (Å²) in [5, 5.41) is 0.630. The smallest absolute Gasteiger partial charge is 0.363 e. The summed E-state index contributed by atoms with van der Waals surface area (Å²) in [7, 11) is 0. The number of nitrogens with zero attached hydrogens (tertiary/aromatic N) is 1. The van der Waals surface area contributed by atoms with Crippen LogP contribution in [0.5, 0.6) is 0 Å². The molecule has 26 heavy (non-hydrogen) atoms. The van der Waals surface area contributed by atoms with E-state index in [-0.39, 0.29) is 5.70 Å². The first-order valence-corrected chi connectivity index (χ1v) is 9.19. The number of aliphatic imine (C=N–C) groups is 1. The van der Waals surface area contributed by atoms with Crippen molar-refractivity contribution >= 4 is 52.1 Å². The lowest BCUT2D eigenvalue weighted by Crippen LogP contribution is -2.06. The van der Waals surface area contributed by atoms with E-state index >= 15 is 0 Å². The minimum atomic E-state index is -0.500. The van der Waals surface area contributed by atoms with Gasteiger partial charge in [-0.2, -0.15) is 0 Å². The third-order valence-corrected chi connectivity index (χ3v) is 4.92. The van der Waals surface area contributed by atoms with Crippen LogP contribution in [0.3, 0.4) is 0 Å². The fourth-order valence-electron chi connectivity index (χ4n) is 2.52. The third-order valence-electron chi connectivity index (χ3n) is 3.74. The van der Waals surface area contributed by atoms with Crippen LogP contribution in [0.4, 0.5) is 0 Å². The molecule has 0 saturated carbocycles. The minimum Gasteiger partial charge on any atom is -0.457 e. The topological polar surface area (TPSA) is 51.8 Å². The maximum atomic E-state index is 12.1. The summed E-state index contributed by atoms with van der Waals surface area (Å²) in [5.41, 5.74) is 1.84. The molecule has 0 spiro atoms. The molecule has 0 atom stereocenters. The van der Waals surface area contributed by atoms with Gasteiger partial charge in [0.1, 0.15) is 11.5 Å². The van der Waals surface area contributed by atoms with Crippen LogP contribution < -0.4 is 0 Å². The zero-order valence-electron chi connectivity index (χ0n) is 13.3. The van der Waals surface area contributed by atoms with Gasteiger partial charge in [0.2, 0.25) is 5.90 Å². The number of halogens is 2. The van der Waals surface area contributed by atoms with Crippen molar-refractivity contribution in [1.82, 2.24) is 0 Å². The van der Waals surface area contributed by atoms with E-state index in [2.05, 4.69) is 27.6 Å². The Hall–Kier alpha value is -2.38. The van der Waals surface area contributed by atoms with Crippen molar-refractivity contribution in [3.05, 3.63) is 86.3 Å². The first-order chi connectivity index (χ1) is 12.6. The normalized spacial score (nSPS) is 15.2. The summed E-state index contributed by atoms with van der Waals surface area (Å²) < 4.78 is 12.0. The van der Waals surface area contributed by atoms with Gasteiger partial charge in [0.15, 0.2) is 5.70 Å². The molecule has 3 aromatic rings. The van der Waals surface area contributed by atoms with Gasteiger partial charge in [0.25, 0.3) is 0 Å². The molecule has 0 saturated heterocycles. The number of carbonyl (C=O) groups is 1. The molecule has 6 heteroatoms. The molecule has 0 radical (unpaired) electrons. The zero-order chi connectivity index (χ0) is 18.1. The largest absolute Gasteiger partial charge is 0.457 e. The molecule has 1 aliphatic rings. The lowest BCUT2D eigenvalue weighted by atomic mass is 10.2. The monoisotopic (exact) mass is 475 g/mol. The molecule has 0 unspecified atom stereocenters. The molecule has 0 bridgehead atoms. The quantitative estimate of drug-likeness (QED) is 0.284. The van der Waals surface area contributed by atoms with E-state index in [0.717, 1.165) is 14.7 Å². The van der Waals surface area contributed by atoms with Gasteiger partial charge in [-0.1, -0.05) is 35.9 Å². The molecular formula is C20H11ClINO3. The molecule has 4 nitrogen and oxygen atoms in total. The van der Waals surface area contributed by atoms with Gasteiger partial charge in [-0.3, -0.25) is 0 Å². The number of rotatable bonds is 3. The second-order valence-corrected chi connectivity index (χ2v) is 7.13. The molecule has 0 aliphatic carbocycles. The Morgan fingerprint density at radius 3 is 2.69 bits per heavy atom. The maximum absolute atomic E-state index is 12.1. The first-order valence-electron chi connectivity index (χ1n) is 7.73. The summed E-state index contributed by atoms with van der Waals surface area (Å²) in [4.78, 5) is 16.4. The second kappa shape index (κ2) is 7.09. The fourth-order valence-corrected chi connectivity index (χ4v) is 3.33. The Labute approximate surface area is 168 Å². The molecule has 2 aromatic carbocycles. The van der Waals surface area contributed by atoms with E-state index in [1.165, 1.54) is 0 Å². The van der Waals surface area contributed by atoms with Crippen LogP contribution in [0.1, 0.15) is 11.3 Å². The maximum Gasteiger partial charge on any atom is 0.363 e. The number of furan rings is 1. The summed E-state index contributed by atoms with van der Waals surface area (Å²) in [6.45, 7) is 0. The number of hydrogen-bond acceptors (Lipinski definition) is 4. The van der Waals surface area contributed by atoms with Gasteiger partial charge < -0.3 is 9.15 Å². The number of benzene rings is 2. The first kappa shape index (κ1) is 17.1. The standard InChI is InChI=1S/C20H11ClINO3/c21-13-5-3-4-12(10-13)18-9-8-14(25-18)11-17-20(24)26-19(23-17)15-6-1-2-7-16(15)22/h1-11H/b17-11+. The Morgan fingerprint density at radius 1 is 1.04 bits per heavy atom. The van der Waals surface area contributed by atoms with Crippen molar-refractivity contribution in [2.75, 3.05) is 0 Å². The number of esters is 1. The van der Waals surface area contributed by atoms with Gasteiger partial charge in [-0.05, 0) is 59.0 Å². The molecule has 128 valence electrons. The number of cyclic esters (lactones) is 1. The molecule has 1 aromatic heterocycles. The molecule has 0 fully saturated rings. The number of ether oxygens (including phenoxy) is 1. The summed E-state index contributed by atoms with van der Waals surface area (Å²) in [5.74, 6) is 0.973. The third kappa shape index (κ3) is 3.45. The van der Waals surface area contributed by atoms with Crippen molar-refractivity contribution in [3.63, 3.8) is 0 Å². The molecule has 1 aliphatic heterocycles. The predicted octanol–water partition coefficient (Wildman–Crippen LogP) is 5.55. The van der Waals surface area contributed by atoms with Gasteiger partial charge >= 0.3 is 5.97 Å². The number of hydrogen-bond donors (Lipinski definition) is 0. The summed E-state index contributed by atoms with van der Waals surface area (Å²) >= 11 is 8.19. The highest BCUT2D eigenvalue weighted by Gasteiger charge is 2.25. The Balaban J connectivity index is 1.64. The summed E-state index contributed by atoms with van der Waals surface area (Å²) in [6.07, 6.45) is 1.57. The Morgan fingerprint density at radius 2 is 1.88 bits per heavy atom. The van der Waals surface area contributed by atoms with Gasteiger partial charge in [-0.15, -0.1) is 0 Å². The highest BCUT2D eigenvalue weighted by atomic mass is 127. The van der Waals surface area contributed by atoms with Crippen LogP contribution >= 0.6 is 34.2 Å². The van der Waals surface area contributed by atoms with E-state index in [4.69, 9.17) is 20.8 Å². The van der Waals surface area contributed by atoms with Crippen LogP contribution in [0.15, 0.2) is 75.8 Å². The van der Waals surface area contributed by atoms with Crippen LogP contribution in [0.2, 0.25) is 5.02 Å². The van der Waals surface area contributed by atoms with Crippen LogP contribution in [-0.4, -0.2) is 11.9 Å². The van der Waals surface area contributed by atoms with Crippen molar-refractivity contribution in [1.29, 1.82) is 0 Å². The fraction of sp³-hybridized carbons (Fsp3) is 0. The van der Waals surface area contributed by atoms with Gasteiger partial charge in [0.05, 0.1) is 5.56 Å². The van der Waals surface area contributed by atoms with Crippen molar-refractivity contribution in [2.45, 2.75) is 0 Å². The van der Waals surface area contributed by atoms with E-state index in [1.807, 2.05) is 48.5 Å². The van der Waals surface area contributed by atoms with Gasteiger partial charge in [0, 0.05) is 20.2 Å². The van der Waals surface area contributed by atoms with Crippen molar-refractivity contribution < 1.29 is 13.9 Å². The average molecular weight is 476 g/mol. The Bertz CT molecular complexity index is 1070. The van der Waals surface area contributed by atoms with Crippen molar-refractivity contribution in [2.24, 2.45) is 4.99 Å². The van der Waals surface area contributed by atoms with E-state index < -0.39 is 5.97 Å². The molecule has 2 heterocycles. The number of carbonyl (C=O) groups excluding carboxylic acids is 1. The van der Waals surface area contributed by atoms with Crippen LogP contribution in [0, 0.1) is 3.57 Å². The molecular weight excluding hydrogens is 465 g/mol. The minimum absolute atomic E-state index is 0.201. The Kier molecular flexibility index (Phi) is 4.65.